The molecule has 0 aromatic heterocycles. The van der Waals surface area contributed by atoms with E-state index in [9.17, 15) is 0 Å². The molecule has 1 aliphatic heterocycles. The van der Waals surface area contributed by atoms with E-state index in [0.29, 0.717) is 0 Å². The number of ether oxygens (including phenoxy) is 1. The molecular weight excluding hydrogens is 262 g/mol. The van der Waals surface area contributed by atoms with Crippen LogP contribution in [0.5, 0.6) is 0 Å². The third kappa shape index (κ3) is 7.70. The molecule has 1 saturated heterocycles. The molecule has 1 aliphatic rings. The Morgan fingerprint density at radius 1 is 1.33 bits per heavy atom. The van der Waals surface area contributed by atoms with Crippen molar-refractivity contribution in [2.45, 2.75) is 53.4 Å². The maximum absolute atomic E-state index is 5.36. The molecule has 0 aromatic carbocycles. The van der Waals surface area contributed by atoms with E-state index in [2.05, 4.69) is 31.0 Å². The van der Waals surface area contributed by atoms with Gasteiger partial charge in [-0.15, -0.1) is 0 Å². The molecule has 0 radical (unpaired) electrons. The van der Waals surface area contributed by atoms with E-state index >= 15 is 0 Å². The third-order valence-corrected chi connectivity index (χ3v) is 3.89. The largest absolute Gasteiger partial charge is 0.382 e. The SMILES string of the molecule is CCNC(=NCCCCOCC)N1CCC(CC(C)C)C1. The number of nitrogens with one attached hydrogen (secondary N) is 1. The summed E-state index contributed by atoms with van der Waals surface area (Å²) in [6, 6.07) is 0. The summed E-state index contributed by atoms with van der Waals surface area (Å²) in [5, 5.41) is 3.45. The lowest BCUT2D eigenvalue weighted by molar-refractivity contribution is 0.144. The first kappa shape index (κ1) is 18.3. The van der Waals surface area contributed by atoms with E-state index in [1.165, 1.54) is 19.4 Å². The molecule has 21 heavy (non-hydrogen) atoms. The molecule has 0 bridgehead atoms. The second-order valence-corrected chi connectivity index (χ2v) is 6.37. The fourth-order valence-corrected chi connectivity index (χ4v) is 2.96. The van der Waals surface area contributed by atoms with Crippen LogP contribution in [-0.2, 0) is 4.74 Å². The molecule has 1 rings (SSSR count). The van der Waals surface area contributed by atoms with Crippen LogP contribution in [0, 0.1) is 11.8 Å². The lowest BCUT2D eigenvalue weighted by Gasteiger charge is -2.22. The second kappa shape index (κ2) is 10.9. The van der Waals surface area contributed by atoms with Crippen molar-refractivity contribution in [1.29, 1.82) is 0 Å². The first-order valence-corrected chi connectivity index (χ1v) is 8.78. The fraction of sp³-hybridized carbons (Fsp3) is 0.941. The first-order chi connectivity index (χ1) is 10.2. The Balaban J connectivity index is 2.35. The zero-order valence-electron chi connectivity index (χ0n) is 14.5. The van der Waals surface area contributed by atoms with Gasteiger partial charge in [0, 0.05) is 39.4 Å². The van der Waals surface area contributed by atoms with Crippen molar-refractivity contribution < 1.29 is 4.74 Å². The van der Waals surface area contributed by atoms with Crippen LogP contribution in [0.2, 0.25) is 0 Å². The Bertz CT molecular complexity index is 292. The molecule has 1 unspecified atom stereocenters. The monoisotopic (exact) mass is 297 g/mol. The number of hydrogen-bond acceptors (Lipinski definition) is 2. The van der Waals surface area contributed by atoms with Crippen LogP contribution in [-0.4, -0.2) is 50.3 Å². The Hall–Kier alpha value is -0.770. The number of hydrogen-bond donors (Lipinski definition) is 1. The lowest BCUT2D eigenvalue weighted by atomic mass is 9.97. The molecule has 0 aliphatic carbocycles. The summed E-state index contributed by atoms with van der Waals surface area (Å²) in [5.41, 5.74) is 0. The highest BCUT2D eigenvalue weighted by Gasteiger charge is 2.25. The van der Waals surface area contributed by atoms with Crippen molar-refractivity contribution in [3.8, 4) is 0 Å². The average molecular weight is 297 g/mol. The topological polar surface area (TPSA) is 36.9 Å². The van der Waals surface area contributed by atoms with Crippen molar-refractivity contribution in [3.63, 3.8) is 0 Å². The minimum Gasteiger partial charge on any atom is -0.382 e. The molecule has 0 spiro atoms. The van der Waals surface area contributed by atoms with Crippen LogP contribution in [0.3, 0.4) is 0 Å². The van der Waals surface area contributed by atoms with E-state index < -0.39 is 0 Å². The van der Waals surface area contributed by atoms with Crippen LogP contribution >= 0.6 is 0 Å². The maximum atomic E-state index is 5.36. The van der Waals surface area contributed by atoms with Crippen LogP contribution in [0.4, 0.5) is 0 Å². The maximum Gasteiger partial charge on any atom is 0.193 e. The van der Waals surface area contributed by atoms with Crippen molar-refractivity contribution in [2.75, 3.05) is 39.4 Å². The number of likely N-dealkylation sites (tertiary alicyclic amines) is 1. The van der Waals surface area contributed by atoms with E-state index in [0.717, 1.165) is 63.5 Å². The van der Waals surface area contributed by atoms with Crippen molar-refractivity contribution >= 4 is 5.96 Å². The smallest absolute Gasteiger partial charge is 0.193 e. The van der Waals surface area contributed by atoms with Gasteiger partial charge in [-0.2, -0.15) is 0 Å². The van der Waals surface area contributed by atoms with Crippen LogP contribution in [0.15, 0.2) is 4.99 Å². The van der Waals surface area contributed by atoms with Gasteiger partial charge in [-0.25, -0.2) is 0 Å². The van der Waals surface area contributed by atoms with E-state index in [4.69, 9.17) is 9.73 Å². The first-order valence-electron chi connectivity index (χ1n) is 8.78. The van der Waals surface area contributed by atoms with Crippen molar-refractivity contribution in [1.82, 2.24) is 10.2 Å². The summed E-state index contributed by atoms with van der Waals surface area (Å²) in [7, 11) is 0. The summed E-state index contributed by atoms with van der Waals surface area (Å²) < 4.78 is 5.36. The van der Waals surface area contributed by atoms with Gasteiger partial charge in [0.05, 0.1) is 0 Å². The number of rotatable bonds is 9. The van der Waals surface area contributed by atoms with E-state index in [1.54, 1.807) is 0 Å². The predicted molar refractivity (Wildman–Crippen MR) is 90.8 cm³/mol. The molecule has 4 nitrogen and oxygen atoms in total. The fourth-order valence-electron chi connectivity index (χ4n) is 2.96. The standard InChI is InChI=1S/C17H35N3O/c1-5-18-17(19-10-7-8-12-21-6-2)20-11-9-16(14-20)13-15(3)4/h15-16H,5-14H2,1-4H3,(H,18,19). The van der Waals surface area contributed by atoms with E-state index in [-0.39, 0.29) is 0 Å². The lowest BCUT2D eigenvalue weighted by Crippen LogP contribution is -2.40. The van der Waals surface area contributed by atoms with Crippen LogP contribution in [0.25, 0.3) is 0 Å². The zero-order chi connectivity index (χ0) is 15.5. The predicted octanol–water partition coefficient (Wildman–Crippen LogP) is 3.14. The molecule has 0 aromatic rings. The van der Waals surface area contributed by atoms with Crippen LogP contribution < -0.4 is 5.32 Å². The Labute approximate surface area is 131 Å². The highest BCUT2D eigenvalue weighted by atomic mass is 16.5. The summed E-state index contributed by atoms with van der Waals surface area (Å²) in [4.78, 5) is 7.23. The van der Waals surface area contributed by atoms with Crippen molar-refractivity contribution in [3.05, 3.63) is 0 Å². The Morgan fingerprint density at radius 2 is 2.14 bits per heavy atom. The summed E-state index contributed by atoms with van der Waals surface area (Å²) >= 11 is 0. The molecule has 124 valence electrons. The van der Waals surface area contributed by atoms with Gasteiger partial charge in [-0.3, -0.25) is 4.99 Å². The Kier molecular flexibility index (Phi) is 9.48. The molecule has 0 amide bonds. The minimum atomic E-state index is 0.799. The number of nitrogens with zero attached hydrogens (tertiary/aromatic N) is 2. The summed E-state index contributed by atoms with van der Waals surface area (Å²) in [5.74, 6) is 2.75. The van der Waals surface area contributed by atoms with Crippen LogP contribution in [0.1, 0.15) is 53.4 Å². The van der Waals surface area contributed by atoms with Crippen molar-refractivity contribution in [2.24, 2.45) is 16.8 Å². The molecule has 1 N–H and O–H groups in total. The van der Waals surface area contributed by atoms with Gasteiger partial charge in [-0.05, 0) is 51.4 Å². The molecule has 0 saturated carbocycles. The second-order valence-electron chi connectivity index (χ2n) is 6.37. The highest BCUT2D eigenvalue weighted by molar-refractivity contribution is 5.80. The Morgan fingerprint density at radius 3 is 2.81 bits per heavy atom. The molecule has 1 atom stereocenters. The third-order valence-electron chi connectivity index (χ3n) is 3.89. The normalized spacial score (nSPS) is 19.6. The number of unbranched alkanes of at least 4 members (excludes halogenated alkanes) is 1. The minimum absolute atomic E-state index is 0.799. The van der Waals surface area contributed by atoms with Gasteiger partial charge in [-0.1, -0.05) is 13.8 Å². The van der Waals surface area contributed by atoms with Gasteiger partial charge >= 0.3 is 0 Å². The molecule has 4 heteroatoms. The van der Waals surface area contributed by atoms with Gasteiger partial charge < -0.3 is 15.0 Å². The van der Waals surface area contributed by atoms with Gasteiger partial charge in [0.2, 0.25) is 0 Å². The zero-order valence-corrected chi connectivity index (χ0v) is 14.5. The summed E-state index contributed by atoms with van der Waals surface area (Å²) in [6.07, 6.45) is 4.86. The number of aliphatic imine (C=N–C) groups is 1. The van der Waals surface area contributed by atoms with Gasteiger partial charge in [0.25, 0.3) is 0 Å². The van der Waals surface area contributed by atoms with Gasteiger partial charge in [0.15, 0.2) is 5.96 Å². The van der Waals surface area contributed by atoms with Gasteiger partial charge in [0.1, 0.15) is 0 Å². The van der Waals surface area contributed by atoms with E-state index in [1.807, 2.05) is 6.92 Å². The molecule has 1 fully saturated rings. The quantitative estimate of drug-likeness (QED) is 0.403. The number of guanidine groups is 1. The molecule has 1 heterocycles. The average Bonchev–Trinajstić information content (AvgIpc) is 2.89. The molecular formula is C17H35N3O. The summed E-state index contributed by atoms with van der Waals surface area (Å²) in [6.45, 7) is 14.7. The highest BCUT2D eigenvalue weighted by Crippen LogP contribution is 2.23.